The monoisotopic (exact) mass is 411 g/mol. The lowest BCUT2D eigenvalue weighted by atomic mass is 10.1. The first-order chi connectivity index (χ1) is 12.5. The van der Waals surface area contributed by atoms with Crippen LogP contribution in [-0.2, 0) is 20.4 Å². The first-order valence-electron chi connectivity index (χ1n) is 8.13. The summed E-state index contributed by atoms with van der Waals surface area (Å²) in [5.41, 5.74) is 0.731. The van der Waals surface area contributed by atoms with Crippen molar-refractivity contribution in [2.24, 2.45) is 5.16 Å². The summed E-state index contributed by atoms with van der Waals surface area (Å²) in [4.78, 5) is 23.0. The van der Waals surface area contributed by atoms with Gasteiger partial charge in [0.2, 0.25) is 0 Å². The Hall–Kier alpha value is -1.77. The maximum absolute atomic E-state index is 12.7. The Kier molecular flexibility index (Phi) is 6.39. The quantitative estimate of drug-likeness (QED) is 0.578. The summed E-state index contributed by atoms with van der Waals surface area (Å²) in [5, 5.41) is 7.20. The molecule has 1 aliphatic rings. The molecule has 1 N–H and O–H groups in total. The Bertz CT molecular complexity index is 830. The molecule has 6 nitrogen and oxygen atoms in total. The first-order valence-corrected chi connectivity index (χ1v) is 10.9. The molecule has 0 spiro atoms. The maximum Gasteiger partial charge on any atom is 0.280 e. The number of carbonyl (C=O) groups is 1. The molecular formula is C17H18ClN3O3S2. The molecule has 1 amide bonds. The molecule has 0 saturated heterocycles. The molecule has 26 heavy (non-hydrogen) atoms. The second kappa shape index (κ2) is 8.75. The number of carbonyl (C=O) groups excluding carboxylic acids is 1. The van der Waals surface area contributed by atoms with E-state index in [1.54, 1.807) is 30.5 Å². The normalized spacial score (nSPS) is 16.5. The number of aromatic nitrogens is 1. The van der Waals surface area contributed by atoms with Gasteiger partial charge >= 0.3 is 0 Å². The summed E-state index contributed by atoms with van der Waals surface area (Å²) < 4.78 is 12.0. The van der Waals surface area contributed by atoms with E-state index in [0.717, 1.165) is 37.0 Å². The number of nitrogens with one attached hydrogen (secondary N) is 1. The molecule has 138 valence electrons. The van der Waals surface area contributed by atoms with Crippen LogP contribution in [0.15, 0.2) is 40.5 Å². The van der Waals surface area contributed by atoms with Crippen LogP contribution in [0.4, 0.5) is 5.13 Å². The molecule has 0 bridgehead atoms. The van der Waals surface area contributed by atoms with Crippen LogP contribution in [0.3, 0.4) is 0 Å². The molecule has 1 fully saturated rings. The predicted molar refractivity (Wildman–Crippen MR) is 104 cm³/mol. The van der Waals surface area contributed by atoms with Gasteiger partial charge in [-0.3, -0.25) is 14.3 Å². The molecular weight excluding hydrogens is 394 g/mol. The Balaban J connectivity index is 1.83. The van der Waals surface area contributed by atoms with Gasteiger partial charge < -0.3 is 4.84 Å². The van der Waals surface area contributed by atoms with Gasteiger partial charge in [0.25, 0.3) is 5.91 Å². The zero-order chi connectivity index (χ0) is 18.5. The Morgan fingerprint density at radius 1 is 1.35 bits per heavy atom. The van der Waals surface area contributed by atoms with Crippen LogP contribution in [0.5, 0.6) is 0 Å². The van der Waals surface area contributed by atoms with Crippen molar-refractivity contribution in [1.82, 2.24) is 4.98 Å². The number of thiazole rings is 1. The Morgan fingerprint density at radius 2 is 2.04 bits per heavy atom. The summed E-state index contributed by atoms with van der Waals surface area (Å²) in [6.45, 7) is 0. The van der Waals surface area contributed by atoms with E-state index in [1.165, 1.54) is 6.20 Å². The van der Waals surface area contributed by atoms with Gasteiger partial charge in [0, 0.05) is 27.5 Å². The van der Waals surface area contributed by atoms with Crippen molar-refractivity contribution in [2.45, 2.75) is 36.7 Å². The highest BCUT2D eigenvalue weighted by Crippen LogP contribution is 2.24. The minimum Gasteiger partial charge on any atom is -0.392 e. The van der Waals surface area contributed by atoms with E-state index in [9.17, 15) is 9.00 Å². The van der Waals surface area contributed by atoms with E-state index in [4.69, 9.17) is 16.4 Å². The number of hydrogen-bond acceptors (Lipinski definition) is 6. The van der Waals surface area contributed by atoms with Gasteiger partial charge in [-0.15, -0.1) is 0 Å². The Labute approximate surface area is 163 Å². The van der Waals surface area contributed by atoms with E-state index in [0.29, 0.717) is 19.9 Å². The second-order valence-electron chi connectivity index (χ2n) is 5.85. The summed E-state index contributed by atoms with van der Waals surface area (Å²) >= 11 is 7.02. The number of oxime groups is 1. The van der Waals surface area contributed by atoms with E-state index in [1.807, 2.05) is 0 Å². The molecule has 1 saturated carbocycles. The average Bonchev–Trinajstić information content (AvgIpc) is 3.27. The zero-order valence-electron chi connectivity index (χ0n) is 14.1. The number of anilines is 1. The predicted octanol–water partition coefficient (Wildman–Crippen LogP) is 3.84. The highest BCUT2D eigenvalue weighted by atomic mass is 35.5. The fourth-order valence-electron chi connectivity index (χ4n) is 2.62. The van der Waals surface area contributed by atoms with Gasteiger partial charge in [-0.2, -0.15) is 0 Å². The van der Waals surface area contributed by atoms with E-state index in [-0.39, 0.29) is 11.8 Å². The highest BCUT2D eigenvalue weighted by Gasteiger charge is 2.20. The van der Waals surface area contributed by atoms with Crippen molar-refractivity contribution >= 4 is 50.5 Å². The molecule has 0 aliphatic heterocycles. The van der Waals surface area contributed by atoms with Gasteiger partial charge in [-0.05, 0) is 37.8 Å². The minimum atomic E-state index is -1.09. The summed E-state index contributed by atoms with van der Waals surface area (Å²) in [7, 11) is -1.09. The second-order valence-corrected chi connectivity index (χ2v) is 8.90. The molecule has 1 atom stereocenters. The lowest BCUT2D eigenvalue weighted by Gasteiger charge is -2.10. The molecule has 1 aromatic heterocycles. The minimum absolute atomic E-state index is 0.0366. The summed E-state index contributed by atoms with van der Waals surface area (Å²) in [5.74, 6) is -0.431. The number of halogens is 1. The van der Waals surface area contributed by atoms with Crippen LogP contribution in [0, 0.1) is 0 Å². The number of rotatable bonds is 6. The third kappa shape index (κ3) is 4.90. The van der Waals surface area contributed by atoms with E-state index >= 15 is 0 Å². The van der Waals surface area contributed by atoms with Crippen molar-refractivity contribution in [3.05, 3.63) is 40.4 Å². The summed E-state index contributed by atoms with van der Waals surface area (Å²) in [6.07, 6.45) is 7.20. The highest BCUT2D eigenvalue weighted by molar-refractivity contribution is 7.84. The smallest absolute Gasteiger partial charge is 0.280 e. The number of nitrogens with zero attached hydrogens (tertiary/aromatic N) is 2. The first kappa shape index (κ1) is 19.0. The van der Waals surface area contributed by atoms with Crippen LogP contribution < -0.4 is 5.32 Å². The molecule has 9 heteroatoms. The number of benzene rings is 1. The van der Waals surface area contributed by atoms with Gasteiger partial charge in [-0.1, -0.05) is 40.2 Å². The van der Waals surface area contributed by atoms with Crippen LogP contribution in [0.25, 0.3) is 0 Å². The lowest BCUT2D eigenvalue weighted by Crippen LogP contribution is -2.25. The van der Waals surface area contributed by atoms with Crippen molar-refractivity contribution in [2.75, 3.05) is 11.6 Å². The molecule has 1 heterocycles. The van der Waals surface area contributed by atoms with Crippen molar-refractivity contribution in [3.8, 4) is 0 Å². The Morgan fingerprint density at radius 3 is 2.62 bits per heavy atom. The third-order valence-corrected chi connectivity index (χ3v) is 5.93. The van der Waals surface area contributed by atoms with Crippen LogP contribution in [-0.4, -0.2) is 33.2 Å². The fourth-order valence-corrected chi connectivity index (χ4v) is 3.95. The van der Waals surface area contributed by atoms with Gasteiger partial charge in [0.15, 0.2) is 10.8 Å². The summed E-state index contributed by atoms with van der Waals surface area (Å²) in [6, 6.07) is 6.85. The molecule has 1 unspecified atom stereocenters. The molecule has 2 aromatic rings. The van der Waals surface area contributed by atoms with E-state index < -0.39 is 16.7 Å². The maximum atomic E-state index is 12.7. The van der Waals surface area contributed by atoms with Crippen molar-refractivity contribution in [3.63, 3.8) is 0 Å². The molecule has 0 radical (unpaired) electrons. The van der Waals surface area contributed by atoms with E-state index in [2.05, 4.69) is 15.5 Å². The van der Waals surface area contributed by atoms with Crippen LogP contribution in [0.1, 0.15) is 31.2 Å². The van der Waals surface area contributed by atoms with Gasteiger partial charge in [-0.25, -0.2) is 4.98 Å². The van der Waals surface area contributed by atoms with Crippen LogP contribution in [0.2, 0.25) is 4.34 Å². The lowest BCUT2D eigenvalue weighted by molar-refractivity contribution is -0.110. The zero-order valence-corrected chi connectivity index (χ0v) is 16.5. The van der Waals surface area contributed by atoms with Crippen LogP contribution >= 0.6 is 22.9 Å². The third-order valence-electron chi connectivity index (χ3n) is 3.97. The van der Waals surface area contributed by atoms with Gasteiger partial charge in [0.05, 0.1) is 6.20 Å². The molecule has 1 aromatic carbocycles. The largest absolute Gasteiger partial charge is 0.392 e. The number of hydrogen-bond donors (Lipinski definition) is 1. The van der Waals surface area contributed by atoms with Gasteiger partial charge in [0.1, 0.15) is 10.4 Å². The topological polar surface area (TPSA) is 80.6 Å². The number of amides is 1. The van der Waals surface area contributed by atoms with Crippen molar-refractivity contribution in [1.29, 1.82) is 0 Å². The fraction of sp³-hybridized carbons (Fsp3) is 0.353. The standard InChI is InChI=1S/C17H18ClN3O3S2/c1-26(23)13-8-6-11(7-9-13)15(21-24-12-4-2-3-5-12)16(22)20-17-19-10-14(18)25-17/h6-10,12H,2-5H2,1H3,(H,19,20,22). The molecule has 3 rings (SSSR count). The SMILES string of the molecule is CS(=O)c1ccc(C(=NOC2CCCC2)C(=O)Nc2ncc(Cl)s2)cc1. The van der Waals surface area contributed by atoms with Crippen molar-refractivity contribution < 1.29 is 13.8 Å². The average molecular weight is 412 g/mol. The molecule has 1 aliphatic carbocycles.